The molecule has 6 radical (unpaired) electrons. The Labute approximate surface area is 345 Å². The average molecular weight is 1240 g/mol. The molecule has 0 saturated heterocycles. The van der Waals surface area contributed by atoms with E-state index in [-0.39, 0.29) is 27.8 Å². The molecule has 2 aromatic carbocycles. The topological polar surface area (TPSA) is 49.9 Å². The molecule has 0 aromatic heterocycles. The molecule has 2 nitrogen and oxygen atoms in total. The average Bonchev–Trinajstić information content (AvgIpc) is 3.06. The fraction of sp³-hybridized carbons (Fsp3) is 0.594. The molecule has 2 rings (SSSR count). The van der Waals surface area contributed by atoms with E-state index in [1.807, 2.05) is 178 Å². The maximum atomic E-state index is 7.24. The molecule has 257 valence electrons. The zero-order valence-electron chi connectivity index (χ0n) is 30.9. The maximum absolute atomic E-state index is 7.24. The molecule has 0 bridgehead atoms. The van der Waals surface area contributed by atoms with Crippen LogP contribution in [-0.4, -0.2) is 22.5 Å². The quantitative estimate of drug-likeness (QED) is 0.176. The van der Waals surface area contributed by atoms with Gasteiger partial charge in [0.1, 0.15) is 0 Å². The fourth-order valence-electron chi connectivity index (χ4n) is 1.44. The zero-order valence-corrected chi connectivity index (χ0v) is 44.4. The third-order valence-electron chi connectivity index (χ3n) is 2.53. The van der Waals surface area contributed by atoms with Crippen molar-refractivity contribution in [3.05, 3.63) is 71.8 Å². The van der Waals surface area contributed by atoms with Crippen LogP contribution in [0.15, 0.2) is 60.7 Å². The van der Waals surface area contributed by atoms with Crippen LogP contribution in [0, 0.1) is 5.41 Å². The molecule has 0 amide bonds. The molecule has 0 fully saturated rings. The molecular formula is C32H68B2I5N2V2. The predicted octanol–water partition coefficient (Wildman–Crippen LogP) is 15.7. The Bertz CT molecular complexity index is 559. The number of rotatable bonds is 2. The van der Waals surface area contributed by atoms with Crippen molar-refractivity contribution in [3.8, 4) is 0 Å². The molecule has 1 atom stereocenters. The van der Waals surface area contributed by atoms with Gasteiger partial charge in [0.15, 0.2) is 0 Å². The second kappa shape index (κ2) is 104. The molecule has 0 aliphatic rings. The van der Waals surface area contributed by atoms with Crippen LogP contribution in [0.2, 0.25) is 0 Å². The van der Waals surface area contributed by atoms with Crippen LogP contribution in [-0.2, 0) is 14.4 Å². The normalized spacial score (nSPS) is 6.91. The van der Waals surface area contributed by atoms with Gasteiger partial charge in [-0.2, -0.15) is 0 Å². The molecule has 0 aliphatic carbocycles. The number of nitrogens with one attached hydrogen (secondary N) is 1. The molecular weight excluding hydrogens is 1170 g/mol. The number of benzene rings is 2. The van der Waals surface area contributed by atoms with Gasteiger partial charge in [-0.05, 0) is 25.0 Å². The molecule has 1 unspecified atom stereocenters. The Morgan fingerprint density at radius 3 is 0.907 bits per heavy atom. The van der Waals surface area contributed by atoms with E-state index >= 15 is 0 Å². The fourth-order valence-corrected chi connectivity index (χ4v) is 1.44. The van der Waals surface area contributed by atoms with Crippen LogP contribution < -0.4 is 5.73 Å². The summed E-state index contributed by atoms with van der Waals surface area (Å²) in [7, 11) is 0.628. The van der Waals surface area contributed by atoms with E-state index in [9.17, 15) is 0 Å². The molecule has 0 saturated carbocycles. The first kappa shape index (κ1) is 80.6. The van der Waals surface area contributed by atoms with Gasteiger partial charge in [-0.15, -0.1) is 0 Å². The summed E-state index contributed by atoms with van der Waals surface area (Å²) in [5.74, 6) is 0. The van der Waals surface area contributed by atoms with Crippen LogP contribution in [0.4, 0.5) is 0 Å². The number of nitrogens with two attached hydrogens (primary N) is 1. The number of halogens is 5. The van der Waals surface area contributed by atoms with Crippen molar-refractivity contribution in [3.63, 3.8) is 0 Å². The SMILES string of the molecule is CC.CC.CC.CC.CC.CC.CC.CC.CC(=N)c1ccccc1.CC(N)c1ccccc1.[B].[B].[I][V]([I])[I].[I][V][I]. The van der Waals surface area contributed by atoms with Crippen molar-refractivity contribution in [2.75, 3.05) is 0 Å². The first-order valence-electron chi connectivity index (χ1n) is 14.9. The van der Waals surface area contributed by atoms with E-state index in [1.54, 1.807) is 6.92 Å². The van der Waals surface area contributed by atoms with Crippen molar-refractivity contribution in [2.45, 2.75) is 131 Å². The monoisotopic (exact) mass is 1240 g/mol. The molecule has 43 heavy (non-hydrogen) atoms. The second-order valence-corrected chi connectivity index (χ2v) is 51.6. The van der Waals surface area contributed by atoms with Crippen molar-refractivity contribution in [2.24, 2.45) is 5.73 Å². The van der Waals surface area contributed by atoms with E-state index in [2.05, 4.69) is 99.9 Å². The van der Waals surface area contributed by atoms with Crippen LogP contribution in [0.3, 0.4) is 0 Å². The van der Waals surface area contributed by atoms with E-state index in [0.29, 0.717) is 15.2 Å². The van der Waals surface area contributed by atoms with E-state index in [0.717, 1.165) is 5.56 Å². The summed E-state index contributed by atoms with van der Waals surface area (Å²) in [6, 6.07) is 19.9. The van der Waals surface area contributed by atoms with E-state index < -0.39 is 0 Å². The van der Waals surface area contributed by atoms with Gasteiger partial charge in [0.2, 0.25) is 0 Å². The zero-order chi connectivity index (χ0) is 35.7. The van der Waals surface area contributed by atoms with Gasteiger partial charge in [0, 0.05) is 28.6 Å². The third kappa shape index (κ3) is 114. The Balaban J connectivity index is -0.0000000264. The molecule has 0 heterocycles. The molecule has 3 N–H and O–H groups in total. The first-order chi connectivity index (χ1) is 19.8. The standard InChI is InChI=1S/C8H11N.C8H9N.8C2H6.2B.5HI.2V/c2*1-7(9)8-5-3-2-4-6-8;8*1-2;;;;;;;;;/h2-7H,9H2,1H3;2-6,9H,1H3;8*1-2H3;;;5*1H;;/q;;;;;;;;;;;;;;;;;+2;+3/p-5. The summed E-state index contributed by atoms with van der Waals surface area (Å²) in [5, 5.41) is 7.24. The van der Waals surface area contributed by atoms with Gasteiger partial charge in [-0.3, -0.25) is 0 Å². The van der Waals surface area contributed by atoms with Crippen molar-refractivity contribution in [1.82, 2.24) is 0 Å². The van der Waals surface area contributed by atoms with Gasteiger partial charge in [0.05, 0.1) is 0 Å². The summed E-state index contributed by atoms with van der Waals surface area (Å²) in [6.07, 6.45) is 0. The summed E-state index contributed by atoms with van der Waals surface area (Å²) in [6.45, 7) is 35.8. The predicted molar refractivity (Wildman–Crippen MR) is 250 cm³/mol. The van der Waals surface area contributed by atoms with Gasteiger partial charge in [-0.1, -0.05) is 171 Å². The van der Waals surface area contributed by atoms with Crippen molar-refractivity contribution in [1.29, 1.82) is 5.41 Å². The summed E-state index contributed by atoms with van der Waals surface area (Å²) < 4.78 is 0. The Kier molecular flexibility index (Phi) is 194. The van der Waals surface area contributed by atoms with Crippen LogP contribution in [0.5, 0.6) is 0 Å². The van der Waals surface area contributed by atoms with E-state index in [4.69, 9.17) is 11.1 Å². The Morgan fingerprint density at radius 1 is 0.605 bits per heavy atom. The van der Waals surface area contributed by atoms with Crippen molar-refractivity contribution < 1.29 is 14.4 Å². The van der Waals surface area contributed by atoms with Gasteiger partial charge in [0.25, 0.3) is 0 Å². The summed E-state index contributed by atoms with van der Waals surface area (Å²) in [4.78, 5) is -0.278. The van der Waals surface area contributed by atoms with E-state index in [1.165, 1.54) is 5.56 Å². The van der Waals surface area contributed by atoms with Crippen LogP contribution in [0.25, 0.3) is 0 Å². The number of hydrogen-bond acceptors (Lipinski definition) is 2. The first-order valence-corrected chi connectivity index (χ1v) is 37.4. The van der Waals surface area contributed by atoms with Gasteiger partial charge in [-0.25, -0.2) is 0 Å². The molecule has 0 aliphatic heterocycles. The molecule has 0 spiro atoms. The minimum absolute atomic E-state index is 0. The Hall–Kier alpha value is 3.02. The summed E-state index contributed by atoms with van der Waals surface area (Å²) >= 11 is 12.1. The van der Waals surface area contributed by atoms with Crippen molar-refractivity contribution >= 4 is 122 Å². The van der Waals surface area contributed by atoms with Crippen LogP contribution >= 0.6 is 99.9 Å². The second-order valence-electron chi connectivity index (χ2n) is 4.45. The number of hydrogen-bond donors (Lipinski definition) is 2. The minimum atomic E-state index is -0.278. The van der Waals surface area contributed by atoms with Gasteiger partial charge < -0.3 is 11.1 Å². The van der Waals surface area contributed by atoms with Crippen LogP contribution in [0.1, 0.15) is 142 Å². The van der Waals surface area contributed by atoms with Gasteiger partial charge >= 0.3 is 114 Å². The Morgan fingerprint density at radius 2 is 0.791 bits per heavy atom. The molecule has 11 heteroatoms. The molecule has 2 aromatic rings. The third-order valence-corrected chi connectivity index (χ3v) is 2.53. The summed E-state index contributed by atoms with van der Waals surface area (Å²) in [5.41, 5.74) is 8.42.